The van der Waals surface area contributed by atoms with Gasteiger partial charge in [-0.3, -0.25) is 0 Å². The Morgan fingerprint density at radius 3 is 0.794 bits per heavy atom. The third-order valence-corrected chi connectivity index (χ3v) is 14.1. The molecular formula is C56H64O10P2. The maximum atomic E-state index is 7.01. The summed E-state index contributed by atoms with van der Waals surface area (Å²) in [4.78, 5) is 0. The van der Waals surface area contributed by atoms with Crippen LogP contribution in [0.1, 0.15) is 105 Å². The van der Waals surface area contributed by atoms with E-state index in [1.807, 2.05) is 97.1 Å². The van der Waals surface area contributed by atoms with E-state index in [4.69, 9.17) is 44.8 Å². The molecule has 0 amide bonds. The third-order valence-electron chi connectivity index (χ3n) is 12.1. The zero-order chi connectivity index (χ0) is 49.1. The number of methoxy groups -OCH3 is 4. The van der Waals surface area contributed by atoms with Gasteiger partial charge in [-0.05, 0) is 82.3 Å². The van der Waals surface area contributed by atoms with Crippen LogP contribution in [-0.2, 0) is 21.7 Å². The first-order valence-corrected chi connectivity index (χ1v) is 25.0. The van der Waals surface area contributed by atoms with E-state index in [-0.39, 0.29) is 21.7 Å². The monoisotopic (exact) mass is 958 g/mol. The first-order valence-electron chi connectivity index (χ1n) is 22.8. The van der Waals surface area contributed by atoms with Gasteiger partial charge >= 0.3 is 16.5 Å². The Kier molecular flexibility index (Phi) is 12.9. The van der Waals surface area contributed by atoms with E-state index in [1.165, 1.54) is 0 Å². The molecule has 8 aromatic rings. The first-order chi connectivity index (χ1) is 32.0. The van der Waals surface area contributed by atoms with Gasteiger partial charge in [-0.25, -0.2) is 0 Å². The van der Waals surface area contributed by atoms with E-state index < -0.39 is 16.5 Å². The first kappa shape index (κ1) is 48.4. The lowest BCUT2D eigenvalue weighted by Crippen LogP contribution is -2.12. The quantitative estimate of drug-likeness (QED) is 0.139. The van der Waals surface area contributed by atoms with Gasteiger partial charge in [-0.1, -0.05) is 119 Å². The van der Waals surface area contributed by atoms with Crippen molar-refractivity contribution in [2.24, 2.45) is 0 Å². The van der Waals surface area contributed by atoms with Crippen molar-refractivity contribution in [3.8, 4) is 45.6 Å². The molecule has 0 N–H and O–H groups in total. The zero-order valence-corrected chi connectivity index (χ0v) is 44.0. The van der Waals surface area contributed by atoms with Crippen molar-refractivity contribution in [2.75, 3.05) is 28.4 Å². The molecule has 8 rings (SSSR count). The van der Waals surface area contributed by atoms with Gasteiger partial charge < -0.3 is 44.8 Å². The van der Waals surface area contributed by atoms with Crippen LogP contribution in [-0.4, -0.2) is 28.4 Å². The van der Waals surface area contributed by atoms with Gasteiger partial charge in [0.1, 0.15) is 56.8 Å². The Morgan fingerprint density at radius 1 is 0.338 bits per heavy atom. The lowest BCUT2D eigenvalue weighted by Gasteiger charge is -2.21. The normalized spacial score (nSPS) is 12.4. The smallest absolute Gasteiger partial charge is 0.453 e. The van der Waals surface area contributed by atoms with Crippen LogP contribution in [0.5, 0.6) is 34.5 Å². The predicted molar refractivity (Wildman–Crippen MR) is 278 cm³/mol. The molecule has 2 aromatic heterocycles. The minimum atomic E-state index is -2.12. The highest BCUT2D eigenvalue weighted by Crippen LogP contribution is 2.50. The molecular weight excluding hydrogens is 895 g/mol. The van der Waals surface area contributed by atoms with Crippen LogP contribution in [0.4, 0.5) is 0 Å². The molecule has 0 fully saturated rings. The zero-order valence-electron chi connectivity index (χ0n) is 42.2. The number of para-hydroxylation sites is 2. The number of rotatable bonds is 9. The molecule has 0 atom stereocenters. The predicted octanol–water partition coefficient (Wildman–Crippen LogP) is 17.5. The Balaban J connectivity index is 1.37. The second kappa shape index (κ2) is 18.1. The summed E-state index contributed by atoms with van der Waals surface area (Å²) in [6.45, 7) is 25.9. The summed E-state index contributed by atoms with van der Waals surface area (Å²) in [5.41, 5.74) is 6.56. The van der Waals surface area contributed by atoms with Crippen LogP contribution in [0.2, 0.25) is 0 Å². The minimum Gasteiger partial charge on any atom is -0.497 e. The molecule has 12 heteroatoms. The average Bonchev–Trinajstić information content (AvgIpc) is 3.53. The summed E-state index contributed by atoms with van der Waals surface area (Å²) in [5.74, 6) is 3.89. The second-order valence-electron chi connectivity index (χ2n) is 21.2. The standard InChI is InChI=1S/C56H64O10P2/c1-53(2,3)43-29-33(57-13)25-39-40-26-34(58-14)30-44(54(4,5)6)50(40)64-67(63-49(39)43)61-47-23-19-17-21-37(47)38-22-18-20-24-48(38)62-68-65-51-41(27-35(59-15)31-45(51)55(7,8)9)42-28-36(60-16)32-46(52(42)66-68)56(10,11)12/h17-32H,1-16H3. The number of hydrogen-bond donors (Lipinski definition) is 0. The van der Waals surface area contributed by atoms with Gasteiger partial charge in [0, 0.05) is 54.9 Å². The molecule has 0 aliphatic heterocycles. The van der Waals surface area contributed by atoms with Gasteiger partial charge in [0.05, 0.1) is 28.4 Å². The molecule has 0 bridgehead atoms. The van der Waals surface area contributed by atoms with Crippen LogP contribution in [0.25, 0.3) is 55.0 Å². The highest BCUT2D eigenvalue weighted by molar-refractivity contribution is 7.32. The third kappa shape index (κ3) is 9.51. The van der Waals surface area contributed by atoms with Crippen molar-refractivity contribution in [1.29, 1.82) is 0 Å². The molecule has 6 aromatic carbocycles. The highest BCUT2D eigenvalue weighted by atomic mass is 31.1. The van der Waals surface area contributed by atoms with Crippen molar-refractivity contribution in [2.45, 2.75) is 105 Å². The fourth-order valence-corrected chi connectivity index (χ4v) is 10.7. The number of benzene rings is 6. The van der Waals surface area contributed by atoms with Gasteiger partial charge in [-0.15, -0.1) is 0 Å². The lowest BCUT2D eigenvalue weighted by atomic mass is 9.84. The summed E-state index contributed by atoms with van der Waals surface area (Å²) in [6, 6.07) is 31.8. The van der Waals surface area contributed by atoms with Crippen LogP contribution < -0.4 is 28.0 Å². The van der Waals surface area contributed by atoms with E-state index in [1.54, 1.807) is 28.4 Å². The van der Waals surface area contributed by atoms with Gasteiger partial charge in [0.25, 0.3) is 0 Å². The molecule has 0 aliphatic rings. The van der Waals surface area contributed by atoms with Gasteiger partial charge in [0.2, 0.25) is 0 Å². The number of hydrogen-bond acceptors (Lipinski definition) is 10. The van der Waals surface area contributed by atoms with Gasteiger partial charge in [0.15, 0.2) is 0 Å². The lowest BCUT2D eigenvalue weighted by molar-refractivity contribution is 0.413. The molecule has 358 valence electrons. The Morgan fingerprint density at radius 2 is 0.574 bits per heavy atom. The summed E-state index contributed by atoms with van der Waals surface area (Å²) >= 11 is 0. The molecule has 0 saturated heterocycles. The van der Waals surface area contributed by atoms with Crippen molar-refractivity contribution in [1.82, 2.24) is 0 Å². The molecule has 0 unspecified atom stereocenters. The molecule has 2 heterocycles. The van der Waals surface area contributed by atoms with Crippen LogP contribution in [0, 0.1) is 0 Å². The Labute approximate surface area is 401 Å². The Hall–Kier alpha value is -6.08. The van der Waals surface area contributed by atoms with E-state index in [0.29, 0.717) is 56.8 Å². The van der Waals surface area contributed by atoms with Crippen molar-refractivity contribution in [3.63, 3.8) is 0 Å². The number of ether oxygens (including phenoxy) is 4. The molecule has 10 nitrogen and oxygen atoms in total. The van der Waals surface area contributed by atoms with Gasteiger partial charge in [-0.2, -0.15) is 0 Å². The van der Waals surface area contributed by atoms with Crippen LogP contribution >= 0.6 is 16.5 Å². The number of fused-ring (bicyclic) bond motifs is 6. The van der Waals surface area contributed by atoms with Crippen molar-refractivity contribution < 1.29 is 44.8 Å². The maximum Gasteiger partial charge on any atom is 0.453 e. The van der Waals surface area contributed by atoms with Crippen LogP contribution in [0.15, 0.2) is 114 Å². The minimum absolute atomic E-state index is 0.339. The molecule has 68 heavy (non-hydrogen) atoms. The summed E-state index contributed by atoms with van der Waals surface area (Å²) < 4.78 is 65.6. The van der Waals surface area contributed by atoms with Crippen LogP contribution in [0.3, 0.4) is 0 Å². The Bertz CT molecular complexity index is 2890. The summed E-state index contributed by atoms with van der Waals surface area (Å²) in [7, 11) is 2.47. The van der Waals surface area contributed by atoms with E-state index in [9.17, 15) is 0 Å². The SMILES string of the molecule is COc1cc(C(C)(C)C)c2op(Oc3ccccc3-c3ccccc3Op3oc4c(C(C)(C)C)cc(OC)cc4c4cc(OC)cc(C(C)(C)C)c4o3)oc3c(C(C)(C)C)cc(OC)cc3c2c1. The average molecular weight is 959 g/mol. The molecule has 0 spiro atoms. The maximum absolute atomic E-state index is 7.01. The second-order valence-corrected chi connectivity index (χ2v) is 23.2. The largest absolute Gasteiger partial charge is 0.497 e. The van der Waals surface area contributed by atoms with E-state index >= 15 is 0 Å². The van der Waals surface area contributed by atoms with Crippen molar-refractivity contribution in [3.05, 3.63) is 119 Å². The molecule has 0 saturated carbocycles. The fourth-order valence-electron chi connectivity index (χ4n) is 8.41. The molecule has 0 aliphatic carbocycles. The molecule has 0 radical (unpaired) electrons. The highest BCUT2D eigenvalue weighted by Gasteiger charge is 2.29. The van der Waals surface area contributed by atoms with E-state index in [2.05, 4.69) is 83.1 Å². The summed E-state index contributed by atoms with van der Waals surface area (Å²) in [5, 5.41) is 3.29. The van der Waals surface area contributed by atoms with Crippen molar-refractivity contribution >= 4 is 60.4 Å². The summed E-state index contributed by atoms with van der Waals surface area (Å²) in [6.07, 6.45) is 0. The topological polar surface area (TPSA) is 108 Å². The fraction of sp³-hybridized carbons (Fsp3) is 0.357. The van der Waals surface area contributed by atoms with E-state index in [0.717, 1.165) is 54.9 Å².